The summed E-state index contributed by atoms with van der Waals surface area (Å²) in [7, 11) is 0. The van der Waals surface area contributed by atoms with Crippen molar-refractivity contribution in [3.05, 3.63) is 51.4 Å². The topological polar surface area (TPSA) is 135 Å². The van der Waals surface area contributed by atoms with E-state index < -0.39 is 5.82 Å². The van der Waals surface area contributed by atoms with Crippen molar-refractivity contribution in [1.29, 1.82) is 0 Å². The van der Waals surface area contributed by atoms with E-state index in [9.17, 15) is 8.78 Å². The number of aromatic nitrogens is 5. The summed E-state index contributed by atoms with van der Waals surface area (Å²) in [6.45, 7) is 2.09. The van der Waals surface area contributed by atoms with Gasteiger partial charge in [-0.2, -0.15) is 9.37 Å². The number of nitrogens with two attached hydrogens (primary N) is 1. The lowest BCUT2D eigenvalue weighted by Crippen LogP contribution is -2.10. The molecule has 28 heavy (non-hydrogen) atoms. The summed E-state index contributed by atoms with van der Waals surface area (Å²) in [5.74, 6) is -0.894. The van der Waals surface area contributed by atoms with Gasteiger partial charge in [-0.1, -0.05) is 0 Å². The van der Waals surface area contributed by atoms with E-state index in [0.717, 1.165) is 17.1 Å². The Morgan fingerprint density at radius 1 is 1.25 bits per heavy atom. The summed E-state index contributed by atoms with van der Waals surface area (Å²) in [5.41, 5.74) is 6.63. The number of nitrogen functional groups attached to an aromatic ring is 1. The van der Waals surface area contributed by atoms with Crippen molar-refractivity contribution >= 4 is 17.3 Å². The Morgan fingerprint density at radius 3 is 2.75 bits per heavy atom. The van der Waals surface area contributed by atoms with Gasteiger partial charge in [0, 0.05) is 24.0 Å². The molecule has 5 N–H and O–H groups in total. The minimum absolute atomic E-state index is 0. The minimum atomic E-state index is -0.644. The lowest BCUT2D eigenvalue weighted by Gasteiger charge is -2.09. The maximum atomic E-state index is 14.7. The van der Waals surface area contributed by atoms with Crippen molar-refractivity contribution in [3.8, 4) is 5.88 Å². The van der Waals surface area contributed by atoms with Crippen LogP contribution >= 0.6 is 11.3 Å². The van der Waals surface area contributed by atoms with Gasteiger partial charge in [0.15, 0.2) is 0 Å². The first-order valence-corrected chi connectivity index (χ1v) is 9.16. The van der Waals surface area contributed by atoms with Crippen LogP contribution in [0.5, 0.6) is 5.88 Å². The van der Waals surface area contributed by atoms with E-state index in [0.29, 0.717) is 5.01 Å². The molecule has 3 aromatic heterocycles. The highest BCUT2D eigenvalue weighted by atomic mass is 32.1. The van der Waals surface area contributed by atoms with Gasteiger partial charge in [0.25, 0.3) is 5.88 Å². The van der Waals surface area contributed by atoms with Gasteiger partial charge >= 0.3 is 0 Å². The molecule has 1 fully saturated rings. The molecule has 0 bridgehead atoms. The Hall–Kier alpha value is -2.79. The van der Waals surface area contributed by atoms with Crippen LogP contribution in [0.25, 0.3) is 0 Å². The molecule has 0 saturated heterocycles. The Bertz CT molecular complexity index is 967. The van der Waals surface area contributed by atoms with E-state index in [-0.39, 0.29) is 54.4 Å². The third-order valence-corrected chi connectivity index (χ3v) is 5.12. The molecule has 0 spiro atoms. The first-order valence-electron chi connectivity index (χ1n) is 8.34. The van der Waals surface area contributed by atoms with Crippen LogP contribution in [0.1, 0.15) is 33.7 Å². The molecule has 3 aromatic rings. The molecule has 0 unspecified atom stereocenters. The second kappa shape index (κ2) is 8.07. The molecule has 0 aromatic carbocycles. The number of pyridine rings is 1. The van der Waals surface area contributed by atoms with Gasteiger partial charge in [-0.15, -0.1) is 21.5 Å². The summed E-state index contributed by atoms with van der Waals surface area (Å²) in [6.07, 6.45) is 2.21. The number of hydrogen-bond donors (Lipinski definition) is 2. The highest BCUT2D eigenvalue weighted by molar-refractivity contribution is 7.11. The summed E-state index contributed by atoms with van der Waals surface area (Å²) in [4.78, 5) is 11.9. The maximum absolute atomic E-state index is 14.7. The number of rotatable bonds is 6. The fourth-order valence-electron chi connectivity index (χ4n) is 2.84. The maximum Gasteiger partial charge on any atom is 0.255 e. The second-order valence-electron chi connectivity index (χ2n) is 6.35. The van der Waals surface area contributed by atoms with Crippen LogP contribution in [-0.4, -0.2) is 31.8 Å². The first kappa shape index (κ1) is 20.0. The van der Waals surface area contributed by atoms with Crippen LogP contribution in [0.4, 0.5) is 14.7 Å². The smallest absolute Gasteiger partial charge is 0.255 e. The van der Waals surface area contributed by atoms with Gasteiger partial charge in [-0.3, -0.25) is 4.98 Å². The fraction of sp³-hybridized carbons (Fsp3) is 0.353. The van der Waals surface area contributed by atoms with Crippen LogP contribution in [0.3, 0.4) is 0 Å². The third kappa shape index (κ3) is 4.37. The van der Waals surface area contributed by atoms with Crippen LogP contribution in [0, 0.1) is 24.5 Å². The molecule has 2 atom stereocenters. The van der Waals surface area contributed by atoms with Crippen molar-refractivity contribution in [2.45, 2.75) is 25.7 Å². The Morgan fingerprint density at radius 2 is 2.07 bits per heavy atom. The van der Waals surface area contributed by atoms with Gasteiger partial charge < -0.3 is 16.6 Å². The number of nitrogens with zero attached hydrogens (tertiary/aromatic N) is 5. The SMILES string of the molecule is Cc1nnc(Cc2nc(N)nc(OC[C@H]3C[C@@H]3c3ccc(F)cn3)c2F)s1.N. The predicted molar refractivity (Wildman–Crippen MR) is 99.4 cm³/mol. The average molecular weight is 407 g/mol. The summed E-state index contributed by atoms with van der Waals surface area (Å²) in [5, 5.41) is 9.31. The van der Waals surface area contributed by atoms with Crippen molar-refractivity contribution in [3.63, 3.8) is 0 Å². The Labute approximate surface area is 163 Å². The summed E-state index contributed by atoms with van der Waals surface area (Å²) >= 11 is 1.37. The molecule has 1 saturated carbocycles. The second-order valence-corrected chi connectivity index (χ2v) is 7.62. The van der Waals surface area contributed by atoms with Crippen LogP contribution in [-0.2, 0) is 6.42 Å². The zero-order chi connectivity index (χ0) is 19.0. The molecule has 4 rings (SSSR count). The van der Waals surface area contributed by atoms with Crippen LogP contribution in [0.15, 0.2) is 18.3 Å². The molecule has 11 heteroatoms. The molecule has 1 aliphatic rings. The molecule has 148 valence electrons. The summed E-state index contributed by atoms with van der Waals surface area (Å²) < 4.78 is 33.2. The first-order chi connectivity index (χ1) is 13.0. The number of anilines is 1. The highest BCUT2D eigenvalue weighted by Gasteiger charge is 2.40. The minimum Gasteiger partial charge on any atom is -0.475 e. The van der Waals surface area contributed by atoms with Crippen LogP contribution in [0.2, 0.25) is 0 Å². The van der Waals surface area contributed by atoms with Gasteiger partial charge in [0.1, 0.15) is 15.8 Å². The lowest BCUT2D eigenvalue weighted by atomic mass is 10.2. The van der Waals surface area contributed by atoms with E-state index in [4.69, 9.17) is 10.5 Å². The number of halogens is 2. The quantitative estimate of drug-likeness (QED) is 0.637. The van der Waals surface area contributed by atoms with E-state index in [1.165, 1.54) is 23.6 Å². The van der Waals surface area contributed by atoms with E-state index in [2.05, 4.69) is 25.1 Å². The molecule has 0 amide bonds. The van der Waals surface area contributed by atoms with E-state index in [1.807, 2.05) is 6.92 Å². The van der Waals surface area contributed by atoms with Crippen molar-refractivity contribution in [2.24, 2.45) is 5.92 Å². The van der Waals surface area contributed by atoms with Crippen molar-refractivity contribution in [2.75, 3.05) is 12.3 Å². The monoisotopic (exact) mass is 407 g/mol. The van der Waals surface area contributed by atoms with Crippen molar-refractivity contribution in [1.82, 2.24) is 31.3 Å². The molecule has 8 nitrogen and oxygen atoms in total. The van der Waals surface area contributed by atoms with Gasteiger partial charge in [0.2, 0.25) is 11.8 Å². The fourth-order valence-corrected chi connectivity index (χ4v) is 3.55. The lowest BCUT2D eigenvalue weighted by molar-refractivity contribution is 0.269. The van der Waals surface area contributed by atoms with E-state index in [1.54, 1.807) is 6.07 Å². The normalized spacial score (nSPS) is 17.8. The Kier molecular flexibility index (Phi) is 5.75. The number of aryl methyl sites for hydroxylation is 1. The number of ether oxygens (including phenoxy) is 1. The number of hydrogen-bond acceptors (Lipinski definition) is 9. The van der Waals surface area contributed by atoms with Crippen molar-refractivity contribution < 1.29 is 13.5 Å². The molecule has 0 radical (unpaired) electrons. The van der Waals surface area contributed by atoms with Gasteiger partial charge in [0.05, 0.1) is 18.5 Å². The largest absolute Gasteiger partial charge is 0.475 e. The average Bonchev–Trinajstić information content (AvgIpc) is 3.30. The third-order valence-electron chi connectivity index (χ3n) is 4.28. The molecule has 3 heterocycles. The Balaban J connectivity index is 0.00000225. The van der Waals surface area contributed by atoms with Gasteiger partial charge in [-0.05, 0) is 25.5 Å². The molecule has 0 aliphatic heterocycles. The zero-order valence-corrected chi connectivity index (χ0v) is 15.9. The zero-order valence-electron chi connectivity index (χ0n) is 15.1. The molecule has 1 aliphatic carbocycles. The molecular weight excluding hydrogens is 388 g/mol. The summed E-state index contributed by atoms with van der Waals surface area (Å²) in [6, 6.07) is 3.04. The van der Waals surface area contributed by atoms with E-state index >= 15 is 0 Å². The highest BCUT2D eigenvalue weighted by Crippen LogP contribution is 2.46. The van der Waals surface area contributed by atoms with Gasteiger partial charge in [-0.25, -0.2) is 9.37 Å². The standard InChI is InChI=1S/C17H16F2N6OS.H3N/c1-8-24-25-14(27-8)5-13-15(19)16(23-17(20)22-13)26-7-9-4-11(9)12-3-2-10(18)6-21-12;/h2-3,6,9,11H,4-5,7H2,1H3,(H2,20,22,23);1H3/t9-,11+;/m1./s1. The molecular formula is C17H19F2N7OS. The van der Waals surface area contributed by atoms with Crippen LogP contribution < -0.4 is 16.6 Å². The predicted octanol–water partition coefficient (Wildman–Crippen LogP) is 2.83.